The molecule has 2 saturated heterocycles. The molecule has 5 rings (SSSR count). The molecule has 4 atom stereocenters. The normalized spacial score (nSPS) is 34.3. The van der Waals surface area contributed by atoms with Crippen LogP contribution in [0, 0.1) is 34.5 Å². The van der Waals surface area contributed by atoms with E-state index in [1.165, 1.54) is 23.5 Å². The quantitative estimate of drug-likeness (QED) is 0.774. The first-order valence-corrected chi connectivity index (χ1v) is 9.50. The Balaban J connectivity index is 1.80. The lowest BCUT2D eigenvalue weighted by Crippen LogP contribution is -2.55. The van der Waals surface area contributed by atoms with E-state index < -0.39 is 20.8 Å². The van der Waals surface area contributed by atoms with Crippen LogP contribution >= 0.6 is 23.5 Å². The summed E-state index contributed by atoms with van der Waals surface area (Å²) in [6, 6.07) is 21.8. The maximum atomic E-state index is 13.6. The van der Waals surface area contributed by atoms with Gasteiger partial charge in [-0.05, 0) is 17.7 Å². The zero-order valence-corrected chi connectivity index (χ0v) is 14.6. The van der Waals surface area contributed by atoms with Gasteiger partial charge in [0.15, 0.2) is 4.20 Å². The van der Waals surface area contributed by atoms with Crippen LogP contribution < -0.4 is 4.90 Å². The van der Waals surface area contributed by atoms with Crippen molar-refractivity contribution < 1.29 is 4.79 Å². The molecule has 0 radical (unpaired) electrons. The molecule has 3 aliphatic heterocycles. The SMILES string of the molecule is N#CC1C(C#N)C23Sc4ccccc4N2C(=O)C1(c1ccccc1)S3. The summed E-state index contributed by atoms with van der Waals surface area (Å²) in [5.41, 5.74) is 1.65. The Labute approximate surface area is 153 Å². The first kappa shape index (κ1) is 14.9. The zero-order chi connectivity index (χ0) is 17.2. The standard InChI is InChI=1S/C19H11N3OS2/c20-10-13-14(11-21)19-22(15-8-4-5-9-16(15)24-19)17(23)18(13,25-19)12-6-2-1-3-7-12/h1-9,13-14H. The van der Waals surface area contributed by atoms with Crippen LogP contribution in [0.1, 0.15) is 5.56 Å². The highest BCUT2D eigenvalue weighted by atomic mass is 32.2. The van der Waals surface area contributed by atoms with Crippen molar-refractivity contribution in [2.75, 3.05) is 4.90 Å². The third-order valence-corrected chi connectivity index (χ3v) is 8.66. The highest BCUT2D eigenvalue weighted by Crippen LogP contribution is 2.77. The van der Waals surface area contributed by atoms with Crippen LogP contribution in [0.4, 0.5) is 5.69 Å². The van der Waals surface area contributed by atoms with E-state index in [1.807, 2.05) is 54.6 Å². The molecule has 3 heterocycles. The van der Waals surface area contributed by atoms with Crippen LogP contribution in [0.15, 0.2) is 59.5 Å². The molecule has 6 heteroatoms. The Hall–Kier alpha value is -2.41. The van der Waals surface area contributed by atoms with Crippen LogP contribution in [-0.4, -0.2) is 10.1 Å². The second-order valence-electron chi connectivity index (χ2n) is 6.26. The lowest BCUT2D eigenvalue weighted by molar-refractivity contribution is -0.123. The Bertz CT molecular complexity index is 996. The van der Waals surface area contributed by atoms with Gasteiger partial charge in [-0.2, -0.15) is 10.5 Å². The van der Waals surface area contributed by atoms with E-state index in [1.54, 1.807) is 4.90 Å². The highest BCUT2D eigenvalue weighted by Gasteiger charge is 2.79. The lowest BCUT2D eigenvalue weighted by Gasteiger charge is -2.38. The molecular weight excluding hydrogens is 350 g/mol. The van der Waals surface area contributed by atoms with Gasteiger partial charge in [-0.3, -0.25) is 9.69 Å². The lowest BCUT2D eigenvalue weighted by atomic mass is 9.74. The number of amides is 1. The Kier molecular flexibility index (Phi) is 2.87. The van der Waals surface area contributed by atoms with Crippen LogP contribution in [-0.2, 0) is 9.54 Å². The average molecular weight is 361 g/mol. The van der Waals surface area contributed by atoms with Crippen molar-refractivity contribution in [1.82, 2.24) is 0 Å². The molecule has 0 N–H and O–H groups in total. The van der Waals surface area contributed by atoms with Gasteiger partial charge >= 0.3 is 0 Å². The van der Waals surface area contributed by atoms with Crippen molar-refractivity contribution in [3.8, 4) is 12.1 Å². The molecule has 0 aliphatic carbocycles. The summed E-state index contributed by atoms with van der Waals surface area (Å²) < 4.78 is -1.78. The van der Waals surface area contributed by atoms with Crippen LogP contribution in [0.5, 0.6) is 0 Å². The van der Waals surface area contributed by atoms with E-state index in [4.69, 9.17) is 0 Å². The number of fused-ring (bicyclic) bond motifs is 3. The molecule has 1 spiro atoms. The smallest absolute Gasteiger partial charge is 0.251 e. The molecule has 2 bridgehead atoms. The molecule has 0 aromatic heterocycles. The fourth-order valence-corrected chi connectivity index (χ4v) is 8.08. The summed E-state index contributed by atoms with van der Waals surface area (Å²) in [7, 11) is 0. The second kappa shape index (κ2) is 4.82. The number of thioether (sulfide) groups is 2. The third kappa shape index (κ3) is 1.53. The van der Waals surface area contributed by atoms with Crippen molar-refractivity contribution in [2.45, 2.75) is 13.8 Å². The van der Waals surface area contributed by atoms with Gasteiger partial charge < -0.3 is 0 Å². The largest absolute Gasteiger partial charge is 0.283 e. The number of para-hydroxylation sites is 1. The van der Waals surface area contributed by atoms with E-state index in [9.17, 15) is 15.3 Å². The van der Waals surface area contributed by atoms with Crippen molar-refractivity contribution in [2.24, 2.45) is 11.8 Å². The maximum Gasteiger partial charge on any atom is 0.251 e. The number of nitriles is 2. The molecule has 120 valence electrons. The Morgan fingerprint density at radius 3 is 2.36 bits per heavy atom. The van der Waals surface area contributed by atoms with Gasteiger partial charge in [0, 0.05) is 4.90 Å². The molecule has 2 fully saturated rings. The molecule has 2 aromatic carbocycles. The summed E-state index contributed by atoms with van der Waals surface area (Å²) >= 11 is 3.01. The highest BCUT2D eigenvalue weighted by molar-refractivity contribution is 8.20. The molecule has 1 amide bonds. The summed E-state index contributed by atoms with van der Waals surface area (Å²) in [5, 5.41) is 19.8. The number of rotatable bonds is 1. The summed E-state index contributed by atoms with van der Waals surface area (Å²) in [4.78, 5) is 16.4. The van der Waals surface area contributed by atoms with Gasteiger partial charge in [-0.15, -0.1) is 0 Å². The van der Waals surface area contributed by atoms with E-state index in [-0.39, 0.29) is 5.91 Å². The summed E-state index contributed by atoms with van der Waals surface area (Å²) in [6.07, 6.45) is 0. The second-order valence-corrected chi connectivity index (χ2v) is 9.25. The Morgan fingerprint density at radius 2 is 1.64 bits per heavy atom. The number of piperidine rings is 1. The minimum absolute atomic E-state index is 0.0841. The van der Waals surface area contributed by atoms with E-state index in [0.29, 0.717) is 0 Å². The number of hydrogen-bond acceptors (Lipinski definition) is 5. The predicted octanol–water partition coefficient (Wildman–Crippen LogP) is 3.71. The number of nitrogens with zero attached hydrogens (tertiary/aromatic N) is 3. The van der Waals surface area contributed by atoms with Gasteiger partial charge in [-0.25, -0.2) is 0 Å². The molecule has 4 unspecified atom stereocenters. The van der Waals surface area contributed by atoms with Crippen LogP contribution in [0.25, 0.3) is 0 Å². The van der Waals surface area contributed by atoms with E-state index >= 15 is 0 Å². The number of anilines is 1. The molecule has 0 saturated carbocycles. The minimum Gasteiger partial charge on any atom is -0.283 e. The average Bonchev–Trinajstić information content (AvgIpc) is 3.22. The van der Waals surface area contributed by atoms with Gasteiger partial charge in [0.25, 0.3) is 5.91 Å². The van der Waals surface area contributed by atoms with Crippen LogP contribution in [0.3, 0.4) is 0 Å². The third-order valence-electron chi connectivity index (χ3n) is 5.15. The van der Waals surface area contributed by atoms with Gasteiger partial charge in [-0.1, -0.05) is 66.0 Å². The minimum atomic E-state index is -1.02. The van der Waals surface area contributed by atoms with Crippen molar-refractivity contribution >= 4 is 35.1 Å². The molecule has 4 nitrogen and oxygen atoms in total. The van der Waals surface area contributed by atoms with Crippen molar-refractivity contribution in [3.05, 3.63) is 60.2 Å². The van der Waals surface area contributed by atoms with E-state index in [2.05, 4.69) is 12.1 Å². The maximum absolute atomic E-state index is 13.6. The molecule has 25 heavy (non-hydrogen) atoms. The number of benzene rings is 2. The zero-order valence-electron chi connectivity index (χ0n) is 12.9. The Morgan fingerprint density at radius 1 is 0.960 bits per heavy atom. The number of carbonyl (C=O) groups is 1. The van der Waals surface area contributed by atoms with Crippen molar-refractivity contribution in [3.63, 3.8) is 0 Å². The molecular formula is C19H11N3OS2. The fourth-order valence-electron chi connectivity index (χ4n) is 4.13. The van der Waals surface area contributed by atoms with Crippen LogP contribution in [0.2, 0.25) is 0 Å². The summed E-state index contributed by atoms with van der Waals surface area (Å²) in [5.74, 6) is -1.31. The van der Waals surface area contributed by atoms with Crippen molar-refractivity contribution in [1.29, 1.82) is 10.5 Å². The molecule has 3 aliphatic rings. The van der Waals surface area contributed by atoms with Gasteiger partial charge in [0.05, 0.1) is 23.7 Å². The van der Waals surface area contributed by atoms with Gasteiger partial charge in [0.1, 0.15) is 10.7 Å². The number of carbonyl (C=O) groups excluding carboxylic acids is 1. The topological polar surface area (TPSA) is 67.9 Å². The van der Waals surface area contributed by atoms with E-state index in [0.717, 1.165) is 16.1 Å². The predicted molar refractivity (Wildman–Crippen MR) is 96.4 cm³/mol. The molecule has 2 aromatic rings. The van der Waals surface area contributed by atoms with Gasteiger partial charge in [0.2, 0.25) is 0 Å². The number of hydrogen-bond donors (Lipinski definition) is 0. The summed E-state index contributed by atoms with van der Waals surface area (Å²) in [6.45, 7) is 0. The first-order chi connectivity index (χ1) is 12.2. The fraction of sp³-hybridized carbons (Fsp3) is 0.211. The first-order valence-electron chi connectivity index (χ1n) is 7.86. The monoisotopic (exact) mass is 361 g/mol.